The van der Waals surface area contributed by atoms with Gasteiger partial charge in [-0.25, -0.2) is 0 Å². The molecule has 98 valence electrons. The lowest BCUT2D eigenvalue weighted by Gasteiger charge is -2.33. The van der Waals surface area contributed by atoms with Crippen LogP contribution in [0.3, 0.4) is 0 Å². The van der Waals surface area contributed by atoms with E-state index >= 15 is 0 Å². The van der Waals surface area contributed by atoms with Gasteiger partial charge < -0.3 is 10.2 Å². The third kappa shape index (κ3) is 4.13. The lowest BCUT2D eigenvalue weighted by Crippen LogP contribution is -2.32. The summed E-state index contributed by atoms with van der Waals surface area (Å²) < 4.78 is 19.8. The van der Waals surface area contributed by atoms with Gasteiger partial charge in [0.1, 0.15) is 13.5 Å². The van der Waals surface area contributed by atoms with Gasteiger partial charge in [0.25, 0.3) is 0 Å². The van der Waals surface area contributed by atoms with E-state index in [0.717, 1.165) is 9.34 Å². The van der Waals surface area contributed by atoms with E-state index < -0.39 is 27.2 Å². The number of alkyl halides is 2. The van der Waals surface area contributed by atoms with Crippen molar-refractivity contribution in [1.82, 2.24) is 9.34 Å². The van der Waals surface area contributed by atoms with Crippen LogP contribution in [0.2, 0.25) is 0 Å². The van der Waals surface area contributed by atoms with Crippen molar-refractivity contribution < 1.29 is 19.3 Å². The van der Waals surface area contributed by atoms with E-state index in [-0.39, 0.29) is 11.8 Å². The molecular formula is C7H17Cl2N2O4P. The maximum Gasteiger partial charge on any atom is 0.349 e. The van der Waals surface area contributed by atoms with E-state index in [2.05, 4.69) is 0 Å². The topological polar surface area (TPSA) is 73.2 Å². The second-order valence-electron chi connectivity index (χ2n) is 3.12. The van der Waals surface area contributed by atoms with Crippen LogP contribution in [-0.4, -0.2) is 65.0 Å². The predicted molar refractivity (Wildman–Crippen MR) is 63.6 cm³/mol. The zero-order valence-corrected chi connectivity index (χ0v) is 11.6. The van der Waals surface area contributed by atoms with E-state index in [1.54, 1.807) is 0 Å². The lowest BCUT2D eigenvalue weighted by molar-refractivity contribution is 0.109. The van der Waals surface area contributed by atoms with Crippen LogP contribution in [0.15, 0.2) is 0 Å². The molecule has 0 atom stereocenters. The zero-order chi connectivity index (χ0) is 12.8. The highest BCUT2D eigenvalue weighted by Gasteiger charge is 2.36. The number of nitrogens with zero attached hydrogens (tertiary/aromatic N) is 2. The summed E-state index contributed by atoms with van der Waals surface area (Å²) in [4.78, 5) is 0. The van der Waals surface area contributed by atoms with Crippen molar-refractivity contribution in [3.63, 3.8) is 0 Å². The molecule has 0 bridgehead atoms. The molecule has 0 spiro atoms. The average Bonchev–Trinajstić information content (AvgIpc) is 2.33. The molecule has 9 heteroatoms. The predicted octanol–water partition coefficient (Wildman–Crippen LogP) is 0.720. The first-order chi connectivity index (χ1) is 7.46. The van der Waals surface area contributed by atoms with Gasteiger partial charge in [0.2, 0.25) is 0 Å². The molecule has 0 saturated heterocycles. The molecule has 0 aliphatic heterocycles. The molecule has 0 radical (unpaired) electrons. The Balaban J connectivity index is 4.86. The first-order valence-corrected chi connectivity index (χ1v) is 7.11. The van der Waals surface area contributed by atoms with Crippen molar-refractivity contribution in [2.24, 2.45) is 0 Å². The van der Waals surface area contributed by atoms with Crippen molar-refractivity contribution in [2.75, 3.05) is 39.3 Å². The SMILES string of the molecule is CN(CO)P(=O)(OC(CCl)CCl)N(C)CO. The molecule has 2 N–H and O–H groups in total. The molecule has 6 nitrogen and oxygen atoms in total. The molecule has 0 saturated carbocycles. The van der Waals surface area contributed by atoms with Crippen LogP contribution in [0.5, 0.6) is 0 Å². The number of hydrogen-bond acceptors (Lipinski definition) is 4. The van der Waals surface area contributed by atoms with Crippen LogP contribution in [-0.2, 0) is 9.09 Å². The van der Waals surface area contributed by atoms with Gasteiger partial charge in [-0.1, -0.05) is 0 Å². The first kappa shape index (κ1) is 16.6. The summed E-state index contributed by atoms with van der Waals surface area (Å²) in [6.07, 6.45) is -0.614. The lowest BCUT2D eigenvalue weighted by atomic mass is 10.5. The van der Waals surface area contributed by atoms with Crippen molar-refractivity contribution >= 4 is 30.9 Å². The molecule has 0 aromatic rings. The van der Waals surface area contributed by atoms with Crippen LogP contribution in [0.4, 0.5) is 0 Å². The van der Waals surface area contributed by atoms with Gasteiger partial charge in [-0.3, -0.25) is 9.09 Å². The van der Waals surface area contributed by atoms with Gasteiger partial charge in [-0.15, -0.1) is 23.2 Å². The van der Waals surface area contributed by atoms with Gasteiger partial charge in [0.15, 0.2) is 0 Å². The quantitative estimate of drug-likeness (QED) is 0.390. The summed E-state index contributed by atoms with van der Waals surface area (Å²) >= 11 is 11.2. The Bertz CT molecular complexity index is 228. The van der Waals surface area contributed by atoms with Crippen LogP contribution >= 0.6 is 30.9 Å². The maximum atomic E-state index is 12.4. The summed E-state index contributed by atoms with van der Waals surface area (Å²) in [6.45, 7) is -0.947. The molecule has 0 amide bonds. The largest absolute Gasteiger partial charge is 0.381 e. The van der Waals surface area contributed by atoms with E-state index in [4.69, 9.17) is 37.9 Å². The van der Waals surface area contributed by atoms with E-state index in [1.807, 2.05) is 0 Å². The van der Waals surface area contributed by atoms with Crippen LogP contribution in [0.1, 0.15) is 0 Å². The first-order valence-electron chi connectivity index (χ1n) is 4.51. The molecule has 0 aliphatic rings. The Morgan fingerprint density at radius 3 is 1.81 bits per heavy atom. The summed E-state index contributed by atoms with van der Waals surface area (Å²) in [7, 11) is -0.674. The van der Waals surface area contributed by atoms with E-state index in [0.29, 0.717) is 0 Å². The van der Waals surface area contributed by atoms with Crippen molar-refractivity contribution in [2.45, 2.75) is 6.10 Å². The minimum Gasteiger partial charge on any atom is -0.381 e. The van der Waals surface area contributed by atoms with Gasteiger partial charge in [-0.05, 0) is 14.1 Å². The number of hydrogen-bond donors (Lipinski definition) is 2. The zero-order valence-electron chi connectivity index (χ0n) is 9.21. The Morgan fingerprint density at radius 1 is 1.19 bits per heavy atom. The molecule has 16 heavy (non-hydrogen) atoms. The van der Waals surface area contributed by atoms with Gasteiger partial charge in [0, 0.05) is 0 Å². The normalized spacial score (nSPS) is 13.1. The molecule has 0 aromatic carbocycles. The van der Waals surface area contributed by atoms with Gasteiger partial charge in [-0.2, -0.15) is 9.34 Å². The number of aliphatic hydroxyl groups excluding tert-OH is 2. The molecule has 0 rings (SSSR count). The highest BCUT2D eigenvalue weighted by Crippen LogP contribution is 2.52. The Labute approximate surface area is 105 Å². The fourth-order valence-corrected chi connectivity index (χ4v) is 3.21. The van der Waals surface area contributed by atoms with Gasteiger partial charge in [0.05, 0.1) is 17.9 Å². The molecule has 0 unspecified atom stereocenters. The van der Waals surface area contributed by atoms with Crippen molar-refractivity contribution in [1.29, 1.82) is 0 Å². The minimum atomic E-state index is -3.49. The average molecular weight is 295 g/mol. The summed E-state index contributed by atoms with van der Waals surface area (Å²) in [6, 6.07) is 0. The molecule has 0 aliphatic carbocycles. The summed E-state index contributed by atoms with van der Waals surface area (Å²) in [5.41, 5.74) is 0. The smallest absolute Gasteiger partial charge is 0.349 e. The monoisotopic (exact) mass is 294 g/mol. The van der Waals surface area contributed by atoms with Crippen molar-refractivity contribution in [3.8, 4) is 0 Å². The standard InChI is InChI=1S/C7H17Cl2N2O4P/c1-10(5-12)16(14,11(2)6-13)15-7(3-8)4-9/h7,12-13H,3-6H2,1-2H3. The Hall–Kier alpha value is 0.610. The van der Waals surface area contributed by atoms with Crippen LogP contribution < -0.4 is 0 Å². The Kier molecular flexibility index (Phi) is 8.14. The third-order valence-electron chi connectivity index (χ3n) is 1.90. The fourth-order valence-electron chi connectivity index (χ4n) is 0.873. The molecule has 0 aromatic heterocycles. The second kappa shape index (κ2) is 7.84. The maximum absolute atomic E-state index is 12.4. The highest BCUT2D eigenvalue weighted by atomic mass is 35.5. The highest BCUT2D eigenvalue weighted by molar-refractivity contribution is 7.53. The molecule has 0 fully saturated rings. The van der Waals surface area contributed by atoms with Gasteiger partial charge >= 0.3 is 7.67 Å². The van der Waals surface area contributed by atoms with E-state index in [9.17, 15) is 4.57 Å². The van der Waals surface area contributed by atoms with E-state index in [1.165, 1.54) is 14.1 Å². The fraction of sp³-hybridized carbons (Fsp3) is 1.00. The third-order valence-corrected chi connectivity index (χ3v) is 5.14. The number of halogens is 2. The minimum absolute atomic E-state index is 0.0754. The van der Waals surface area contributed by atoms with Crippen LogP contribution in [0, 0.1) is 0 Å². The Morgan fingerprint density at radius 2 is 1.56 bits per heavy atom. The summed E-state index contributed by atoms with van der Waals surface area (Å²) in [5, 5.41) is 17.9. The second-order valence-corrected chi connectivity index (χ2v) is 6.30. The van der Waals surface area contributed by atoms with Crippen molar-refractivity contribution in [3.05, 3.63) is 0 Å². The molecular weight excluding hydrogens is 278 g/mol. The number of aliphatic hydroxyl groups is 2. The number of rotatable bonds is 8. The summed E-state index contributed by atoms with van der Waals surface area (Å²) in [5.74, 6) is 0.151. The molecule has 0 heterocycles. The van der Waals surface area contributed by atoms with Crippen LogP contribution in [0.25, 0.3) is 0 Å².